The number of nitrogens with one attached hydrogen (secondary N) is 2. The summed E-state index contributed by atoms with van der Waals surface area (Å²) in [4.78, 5) is 10.1. The summed E-state index contributed by atoms with van der Waals surface area (Å²) in [6.07, 6.45) is 1.94. The fourth-order valence-corrected chi connectivity index (χ4v) is 3.51. The van der Waals surface area contributed by atoms with Crippen molar-refractivity contribution in [3.8, 4) is 0 Å². The van der Waals surface area contributed by atoms with Crippen molar-refractivity contribution in [1.29, 1.82) is 0 Å². The molecule has 10 heteroatoms. The number of nitro groups is 1. The second kappa shape index (κ2) is 7.59. The number of rotatable bonds is 8. The van der Waals surface area contributed by atoms with Gasteiger partial charge in [0.2, 0.25) is 10.0 Å². The zero-order chi connectivity index (χ0) is 16.0. The summed E-state index contributed by atoms with van der Waals surface area (Å²) < 4.78 is 26.7. The Morgan fingerprint density at radius 2 is 2.14 bits per heavy atom. The van der Waals surface area contributed by atoms with Crippen LogP contribution in [-0.2, 0) is 10.0 Å². The molecular formula is C11H18N4O4S2. The Morgan fingerprint density at radius 1 is 1.48 bits per heavy atom. The molecule has 0 aliphatic heterocycles. The molecule has 1 unspecified atom stereocenters. The normalized spacial score (nSPS) is 12.9. The molecule has 1 atom stereocenters. The van der Waals surface area contributed by atoms with E-state index in [1.807, 2.05) is 13.2 Å². The predicted octanol–water partition coefficient (Wildman–Crippen LogP) is 1.16. The van der Waals surface area contributed by atoms with E-state index in [2.05, 4.69) is 10.1 Å². The van der Waals surface area contributed by atoms with Gasteiger partial charge in [-0.1, -0.05) is 6.92 Å². The monoisotopic (exact) mass is 334 g/mol. The largest absolute Gasteiger partial charge is 0.318 e. The molecule has 0 bridgehead atoms. The van der Waals surface area contributed by atoms with Crippen LogP contribution < -0.4 is 16.0 Å². The number of benzene rings is 1. The number of hydrogen-bond donors (Lipinski definition) is 3. The Bertz CT molecular complexity index is 606. The average molecular weight is 334 g/mol. The van der Waals surface area contributed by atoms with Crippen molar-refractivity contribution < 1.29 is 13.3 Å². The van der Waals surface area contributed by atoms with E-state index < -0.39 is 14.9 Å². The Labute approximate surface area is 127 Å². The van der Waals surface area contributed by atoms with Gasteiger partial charge in [-0.25, -0.2) is 13.1 Å². The average Bonchev–Trinajstić information content (AvgIpc) is 2.44. The summed E-state index contributed by atoms with van der Waals surface area (Å²) in [5, 5.41) is 10.8. The molecule has 21 heavy (non-hydrogen) atoms. The van der Waals surface area contributed by atoms with Gasteiger partial charge in [-0.2, -0.15) is 11.8 Å². The molecule has 4 N–H and O–H groups in total. The van der Waals surface area contributed by atoms with Crippen LogP contribution in [0.5, 0.6) is 0 Å². The SMILES string of the molecule is CSCC(C)CNS(=O)(=O)c1ccc([N+](=O)[O-])c(NN)c1. The van der Waals surface area contributed by atoms with Gasteiger partial charge in [-0.3, -0.25) is 16.0 Å². The maximum absolute atomic E-state index is 12.1. The van der Waals surface area contributed by atoms with Crippen molar-refractivity contribution in [2.75, 3.05) is 24.0 Å². The van der Waals surface area contributed by atoms with Gasteiger partial charge in [0.1, 0.15) is 5.69 Å². The van der Waals surface area contributed by atoms with Gasteiger partial charge in [-0.15, -0.1) is 0 Å². The Hall–Kier alpha value is -1.36. The summed E-state index contributed by atoms with van der Waals surface area (Å²) in [6, 6.07) is 3.43. The molecular weight excluding hydrogens is 316 g/mol. The third-order valence-corrected chi connectivity index (χ3v) is 5.03. The number of thioether (sulfide) groups is 1. The van der Waals surface area contributed by atoms with E-state index in [0.717, 1.165) is 17.9 Å². The number of nitro benzene ring substituents is 1. The first-order chi connectivity index (χ1) is 9.81. The van der Waals surface area contributed by atoms with Crippen LogP contribution in [0.4, 0.5) is 11.4 Å². The van der Waals surface area contributed by atoms with Crippen LogP contribution >= 0.6 is 11.8 Å². The smallest absolute Gasteiger partial charge is 0.293 e. The number of hydrogen-bond acceptors (Lipinski definition) is 7. The molecule has 0 fully saturated rings. The second-order valence-corrected chi connectivity index (χ2v) is 7.17. The van der Waals surface area contributed by atoms with E-state index in [-0.39, 0.29) is 22.2 Å². The van der Waals surface area contributed by atoms with Gasteiger partial charge in [0.05, 0.1) is 9.82 Å². The summed E-state index contributed by atoms with van der Waals surface area (Å²) in [7, 11) is -3.73. The molecule has 0 heterocycles. The molecule has 0 aromatic heterocycles. The lowest BCUT2D eigenvalue weighted by atomic mass is 10.2. The van der Waals surface area contributed by atoms with Gasteiger partial charge in [0.15, 0.2) is 0 Å². The van der Waals surface area contributed by atoms with Crippen molar-refractivity contribution in [2.45, 2.75) is 11.8 Å². The van der Waals surface area contributed by atoms with Gasteiger partial charge >= 0.3 is 0 Å². The third kappa shape index (κ3) is 4.84. The van der Waals surface area contributed by atoms with E-state index in [9.17, 15) is 18.5 Å². The molecule has 1 aromatic rings. The maximum Gasteiger partial charge on any atom is 0.293 e. The Balaban J connectivity index is 2.96. The van der Waals surface area contributed by atoms with Crippen LogP contribution in [0.1, 0.15) is 6.92 Å². The first kappa shape index (κ1) is 17.7. The highest BCUT2D eigenvalue weighted by atomic mass is 32.2. The van der Waals surface area contributed by atoms with Gasteiger partial charge in [0.25, 0.3) is 5.69 Å². The third-order valence-electron chi connectivity index (χ3n) is 2.70. The van der Waals surface area contributed by atoms with E-state index >= 15 is 0 Å². The van der Waals surface area contributed by atoms with Crippen molar-refractivity contribution >= 4 is 33.2 Å². The molecule has 8 nitrogen and oxygen atoms in total. The highest BCUT2D eigenvalue weighted by Gasteiger charge is 2.20. The number of nitrogens with two attached hydrogens (primary N) is 1. The van der Waals surface area contributed by atoms with Crippen LogP contribution in [0.3, 0.4) is 0 Å². The predicted molar refractivity (Wildman–Crippen MR) is 83.6 cm³/mol. The molecule has 1 aromatic carbocycles. The summed E-state index contributed by atoms with van der Waals surface area (Å²) in [6.45, 7) is 2.23. The zero-order valence-electron chi connectivity index (χ0n) is 11.7. The quantitative estimate of drug-likeness (QED) is 0.370. The lowest BCUT2D eigenvalue weighted by Gasteiger charge is -2.12. The summed E-state index contributed by atoms with van der Waals surface area (Å²) in [5.41, 5.74) is 1.80. The van der Waals surface area contributed by atoms with Crippen LogP contribution in [0.25, 0.3) is 0 Å². The Morgan fingerprint density at radius 3 is 2.67 bits per heavy atom. The topological polar surface area (TPSA) is 127 Å². The molecule has 0 radical (unpaired) electrons. The van der Waals surface area contributed by atoms with E-state index in [0.29, 0.717) is 6.54 Å². The minimum atomic E-state index is -3.73. The summed E-state index contributed by atoms with van der Waals surface area (Å²) >= 11 is 1.63. The number of anilines is 1. The van der Waals surface area contributed by atoms with Gasteiger partial charge in [0, 0.05) is 12.6 Å². The first-order valence-corrected chi connectivity index (χ1v) is 8.93. The summed E-state index contributed by atoms with van der Waals surface area (Å²) in [5.74, 6) is 6.20. The van der Waals surface area contributed by atoms with E-state index in [1.54, 1.807) is 11.8 Å². The second-order valence-electron chi connectivity index (χ2n) is 4.49. The Kier molecular flexibility index (Phi) is 6.40. The number of nitrogen functional groups attached to an aromatic ring is 1. The molecule has 0 spiro atoms. The standard InChI is InChI=1S/C11H18N4O4S2/c1-8(7-20-2)6-13-21(18,19)9-3-4-11(15(16)17)10(5-9)14-12/h3-5,8,13-14H,6-7,12H2,1-2H3. The molecule has 0 amide bonds. The minimum Gasteiger partial charge on any atom is -0.318 e. The van der Waals surface area contributed by atoms with Crippen molar-refractivity contribution in [2.24, 2.45) is 11.8 Å². The highest BCUT2D eigenvalue weighted by molar-refractivity contribution is 7.98. The van der Waals surface area contributed by atoms with Crippen molar-refractivity contribution in [3.63, 3.8) is 0 Å². The van der Waals surface area contributed by atoms with Gasteiger partial charge in [-0.05, 0) is 30.1 Å². The van der Waals surface area contributed by atoms with Crippen molar-refractivity contribution in [1.82, 2.24) is 4.72 Å². The zero-order valence-corrected chi connectivity index (χ0v) is 13.3. The van der Waals surface area contributed by atoms with Crippen LogP contribution in [0.15, 0.2) is 23.1 Å². The van der Waals surface area contributed by atoms with Crippen LogP contribution in [0, 0.1) is 16.0 Å². The highest BCUT2D eigenvalue weighted by Crippen LogP contribution is 2.26. The lowest BCUT2D eigenvalue weighted by Crippen LogP contribution is -2.29. The maximum atomic E-state index is 12.1. The van der Waals surface area contributed by atoms with Crippen LogP contribution in [-0.4, -0.2) is 31.9 Å². The molecule has 118 valence electrons. The molecule has 0 saturated carbocycles. The first-order valence-electron chi connectivity index (χ1n) is 6.05. The molecule has 0 saturated heterocycles. The lowest BCUT2D eigenvalue weighted by molar-refractivity contribution is -0.384. The van der Waals surface area contributed by atoms with Gasteiger partial charge < -0.3 is 5.43 Å². The van der Waals surface area contributed by atoms with Crippen LogP contribution in [0.2, 0.25) is 0 Å². The number of sulfonamides is 1. The molecule has 0 aliphatic carbocycles. The fourth-order valence-electron chi connectivity index (χ4n) is 1.64. The molecule has 0 aliphatic rings. The molecule has 1 rings (SSSR count). The fraction of sp³-hybridized carbons (Fsp3) is 0.455. The van der Waals surface area contributed by atoms with Crippen molar-refractivity contribution in [3.05, 3.63) is 28.3 Å². The number of hydrazine groups is 1. The minimum absolute atomic E-state index is 0.0555. The van der Waals surface area contributed by atoms with E-state index in [1.165, 1.54) is 6.07 Å². The number of nitrogens with zero attached hydrogens (tertiary/aromatic N) is 1. The van der Waals surface area contributed by atoms with E-state index in [4.69, 9.17) is 5.84 Å².